The molecule has 5 nitrogen and oxygen atoms in total. The Hall–Kier alpha value is -2.69. The van der Waals surface area contributed by atoms with E-state index in [0.29, 0.717) is 6.04 Å². The topological polar surface area (TPSA) is 44.8 Å². The molecule has 2 aliphatic rings. The zero-order valence-corrected chi connectivity index (χ0v) is 15.6. The van der Waals surface area contributed by atoms with Crippen molar-refractivity contribution in [3.8, 4) is 11.5 Å². The number of para-hydroxylation sites is 1. The van der Waals surface area contributed by atoms with E-state index in [1.54, 1.807) is 0 Å². The van der Waals surface area contributed by atoms with Crippen molar-refractivity contribution in [3.05, 3.63) is 54.6 Å². The highest BCUT2D eigenvalue weighted by Crippen LogP contribution is 2.25. The molecule has 0 bridgehead atoms. The molecule has 0 atom stereocenters. The average Bonchev–Trinajstić information content (AvgIpc) is 3.22. The number of nitrogens with zero attached hydrogens (tertiary/aromatic N) is 2. The van der Waals surface area contributed by atoms with Crippen molar-refractivity contribution < 1.29 is 9.53 Å². The van der Waals surface area contributed by atoms with Crippen molar-refractivity contribution in [1.29, 1.82) is 0 Å². The standard InChI is InChI=1S/C22H27N3O2/c26-22(23-18-6-4-5-7-18)25-16-14-24(15-17-25)19-10-12-21(13-11-19)27-20-8-2-1-3-9-20/h1-3,8-13,18H,4-7,14-17H2,(H,23,26). The second kappa shape index (κ2) is 8.33. The number of carbonyl (C=O) groups is 1. The molecule has 5 heteroatoms. The molecule has 0 radical (unpaired) electrons. The van der Waals surface area contributed by atoms with Crippen molar-refractivity contribution in [2.45, 2.75) is 31.7 Å². The molecule has 142 valence electrons. The number of ether oxygens (including phenoxy) is 1. The number of amides is 2. The van der Waals surface area contributed by atoms with Crippen molar-refractivity contribution >= 4 is 11.7 Å². The number of piperazine rings is 1. The molecule has 1 saturated carbocycles. The number of hydrogen-bond acceptors (Lipinski definition) is 3. The summed E-state index contributed by atoms with van der Waals surface area (Å²) in [6, 6.07) is 18.5. The van der Waals surface area contributed by atoms with E-state index >= 15 is 0 Å². The van der Waals surface area contributed by atoms with Crippen LogP contribution in [0.5, 0.6) is 11.5 Å². The molecular weight excluding hydrogens is 338 g/mol. The van der Waals surface area contributed by atoms with Gasteiger partial charge in [-0.25, -0.2) is 4.79 Å². The minimum atomic E-state index is 0.105. The maximum atomic E-state index is 12.4. The molecule has 1 aliphatic carbocycles. The lowest BCUT2D eigenvalue weighted by Crippen LogP contribution is -2.53. The molecule has 2 amide bonds. The Morgan fingerprint density at radius 3 is 2.15 bits per heavy atom. The predicted molar refractivity (Wildman–Crippen MR) is 108 cm³/mol. The lowest BCUT2D eigenvalue weighted by molar-refractivity contribution is 0.190. The number of rotatable bonds is 4. The predicted octanol–water partition coefficient (Wildman–Crippen LogP) is 4.25. The second-order valence-corrected chi connectivity index (χ2v) is 7.31. The summed E-state index contributed by atoms with van der Waals surface area (Å²) in [6.45, 7) is 3.25. The van der Waals surface area contributed by atoms with Crippen LogP contribution in [0, 0.1) is 0 Å². The van der Waals surface area contributed by atoms with E-state index in [0.717, 1.165) is 50.5 Å². The van der Waals surface area contributed by atoms with Crippen LogP contribution in [0.25, 0.3) is 0 Å². The van der Waals surface area contributed by atoms with Gasteiger partial charge in [-0.1, -0.05) is 31.0 Å². The summed E-state index contributed by atoms with van der Waals surface area (Å²) in [4.78, 5) is 16.7. The zero-order chi connectivity index (χ0) is 18.5. The van der Waals surface area contributed by atoms with Gasteiger partial charge in [-0.05, 0) is 49.2 Å². The van der Waals surface area contributed by atoms with Gasteiger partial charge in [0.25, 0.3) is 0 Å². The first-order valence-corrected chi connectivity index (χ1v) is 9.91. The monoisotopic (exact) mass is 365 g/mol. The van der Waals surface area contributed by atoms with Crippen LogP contribution in [0.4, 0.5) is 10.5 Å². The van der Waals surface area contributed by atoms with E-state index in [4.69, 9.17) is 4.74 Å². The number of anilines is 1. The molecule has 1 N–H and O–H groups in total. The van der Waals surface area contributed by atoms with Crippen LogP contribution in [0.3, 0.4) is 0 Å². The third kappa shape index (κ3) is 4.54. The third-order valence-corrected chi connectivity index (χ3v) is 5.43. The summed E-state index contributed by atoms with van der Waals surface area (Å²) in [5.41, 5.74) is 1.17. The Bertz CT molecular complexity index is 734. The highest BCUT2D eigenvalue weighted by molar-refractivity contribution is 5.75. The Morgan fingerprint density at radius 2 is 1.48 bits per heavy atom. The second-order valence-electron chi connectivity index (χ2n) is 7.31. The first kappa shape index (κ1) is 17.7. The van der Waals surface area contributed by atoms with E-state index < -0.39 is 0 Å². The van der Waals surface area contributed by atoms with Gasteiger partial charge in [-0.15, -0.1) is 0 Å². The number of urea groups is 1. The van der Waals surface area contributed by atoms with Gasteiger partial charge >= 0.3 is 6.03 Å². The molecule has 0 unspecified atom stereocenters. The van der Waals surface area contributed by atoms with Crippen molar-refractivity contribution in [3.63, 3.8) is 0 Å². The lowest BCUT2D eigenvalue weighted by Gasteiger charge is -2.36. The summed E-state index contributed by atoms with van der Waals surface area (Å²) >= 11 is 0. The highest BCUT2D eigenvalue weighted by atomic mass is 16.5. The van der Waals surface area contributed by atoms with Gasteiger partial charge in [0.15, 0.2) is 0 Å². The molecule has 4 rings (SSSR count). The highest BCUT2D eigenvalue weighted by Gasteiger charge is 2.24. The first-order chi connectivity index (χ1) is 13.3. The van der Waals surface area contributed by atoms with Crippen LogP contribution in [0.1, 0.15) is 25.7 Å². The Kier molecular flexibility index (Phi) is 5.47. The number of hydrogen-bond donors (Lipinski definition) is 1. The van der Waals surface area contributed by atoms with E-state index in [1.807, 2.05) is 47.4 Å². The van der Waals surface area contributed by atoms with Crippen LogP contribution in [0.2, 0.25) is 0 Å². The summed E-state index contributed by atoms with van der Waals surface area (Å²) in [5, 5.41) is 3.19. The molecule has 2 aromatic carbocycles. The van der Waals surface area contributed by atoms with E-state index in [2.05, 4.69) is 22.3 Å². The maximum Gasteiger partial charge on any atom is 0.317 e. The fraction of sp³-hybridized carbons (Fsp3) is 0.409. The third-order valence-electron chi connectivity index (χ3n) is 5.43. The normalized spacial score (nSPS) is 17.8. The van der Waals surface area contributed by atoms with Gasteiger partial charge in [-0.3, -0.25) is 0 Å². The van der Waals surface area contributed by atoms with Crippen molar-refractivity contribution in [2.75, 3.05) is 31.1 Å². The quantitative estimate of drug-likeness (QED) is 0.881. The minimum absolute atomic E-state index is 0.105. The molecular formula is C22H27N3O2. The molecule has 2 fully saturated rings. The average molecular weight is 365 g/mol. The molecule has 0 aromatic heterocycles. The Balaban J connectivity index is 1.28. The molecule has 1 heterocycles. The fourth-order valence-electron chi connectivity index (χ4n) is 3.85. The SMILES string of the molecule is O=C(NC1CCCC1)N1CCN(c2ccc(Oc3ccccc3)cc2)CC1. The maximum absolute atomic E-state index is 12.4. The number of benzene rings is 2. The smallest absolute Gasteiger partial charge is 0.317 e. The van der Waals surface area contributed by atoms with Gasteiger partial charge in [-0.2, -0.15) is 0 Å². The fourth-order valence-corrected chi connectivity index (χ4v) is 3.85. The van der Waals surface area contributed by atoms with Crippen molar-refractivity contribution in [1.82, 2.24) is 10.2 Å². The van der Waals surface area contributed by atoms with Crippen LogP contribution in [-0.2, 0) is 0 Å². The minimum Gasteiger partial charge on any atom is -0.457 e. The van der Waals surface area contributed by atoms with Crippen LogP contribution < -0.4 is 15.0 Å². The summed E-state index contributed by atoms with van der Waals surface area (Å²) in [6.07, 6.45) is 4.73. The number of nitrogens with one attached hydrogen (secondary N) is 1. The van der Waals surface area contributed by atoms with Gasteiger partial charge in [0.05, 0.1) is 0 Å². The van der Waals surface area contributed by atoms with Crippen LogP contribution >= 0.6 is 0 Å². The Labute approximate surface area is 160 Å². The van der Waals surface area contributed by atoms with Crippen LogP contribution in [0.15, 0.2) is 54.6 Å². The van der Waals surface area contributed by atoms with Gasteiger partial charge < -0.3 is 19.9 Å². The summed E-state index contributed by atoms with van der Waals surface area (Å²) in [7, 11) is 0. The summed E-state index contributed by atoms with van der Waals surface area (Å²) < 4.78 is 5.85. The van der Waals surface area contributed by atoms with Crippen LogP contribution in [-0.4, -0.2) is 43.2 Å². The van der Waals surface area contributed by atoms with Gasteiger partial charge in [0.1, 0.15) is 11.5 Å². The Morgan fingerprint density at radius 1 is 0.852 bits per heavy atom. The van der Waals surface area contributed by atoms with E-state index in [1.165, 1.54) is 18.5 Å². The zero-order valence-electron chi connectivity index (χ0n) is 15.6. The molecule has 1 saturated heterocycles. The van der Waals surface area contributed by atoms with Crippen molar-refractivity contribution in [2.24, 2.45) is 0 Å². The van der Waals surface area contributed by atoms with E-state index in [-0.39, 0.29) is 6.03 Å². The van der Waals surface area contributed by atoms with Gasteiger partial charge in [0, 0.05) is 37.9 Å². The molecule has 0 spiro atoms. The van der Waals surface area contributed by atoms with Gasteiger partial charge in [0.2, 0.25) is 0 Å². The first-order valence-electron chi connectivity index (χ1n) is 9.91. The molecule has 2 aromatic rings. The molecule has 27 heavy (non-hydrogen) atoms. The largest absolute Gasteiger partial charge is 0.457 e. The lowest BCUT2D eigenvalue weighted by atomic mass is 10.2. The molecule has 1 aliphatic heterocycles. The van der Waals surface area contributed by atoms with E-state index in [9.17, 15) is 4.79 Å². The number of carbonyl (C=O) groups excluding carboxylic acids is 1. The summed E-state index contributed by atoms with van der Waals surface area (Å²) in [5.74, 6) is 1.67.